The van der Waals surface area contributed by atoms with E-state index in [9.17, 15) is 4.79 Å². The number of rotatable bonds is 6. The molecule has 7 heteroatoms. The van der Waals surface area contributed by atoms with E-state index < -0.39 is 0 Å². The maximum atomic E-state index is 12.8. The minimum absolute atomic E-state index is 0.148. The van der Waals surface area contributed by atoms with Crippen molar-refractivity contribution in [2.24, 2.45) is 0 Å². The molecule has 0 saturated carbocycles. The van der Waals surface area contributed by atoms with Crippen LogP contribution in [0.4, 0.5) is 5.69 Å². The van der Waals surface area contributed by atoms with Crippen LogP contribution in [0.5, 0.6) is 5.88 Å². The van der Waals surface area contributed by atoms with Crippen LogP contribution < -0.4 is 10.1 Å². The van der Waals surface area contributed by atoms with Crippen LogP contribution in [0, 0.1) is 0 Å². The topological polar surface area (TPSA) is 69.0 Å². The molecule has 35 heavy (non-hydrogen) atoms. The number of carbonyl (C=O) groups excluding carboxylic acids is 1. The first-order chi connectivity index (χ1) is 17.2. The van der Waals surface area contributed by atoms with Gasteiger partial charge in [0.25, 0.3) is 5.91 Å². The van der Waals surface area contributed by atoms with Crippen LogP contribution in [0.3, 0.4) is 0 Å². The number of fused-ring (bicyclic) bond motifs is 4. The smallest absolute Gasteiger partial charge is 0.262 e. The van der Waals surface area contributed by atoms with Gasteiger partial charge in [0, 0.05) is 45.0 Å². The predicted molar refractivity (Wildman–Crippen MR) is 142 cm³/mol. The highest BCUT2D eigenvalue weighted by Crippen LogP contribution is 2.37. The number of carbonyl (C=O) groups is 1. The molecular weight excluding hydrogens is 456 g/mol. The molecular formula is C28H22N4O2S. The summed E-state index contributed by atoms with van der Waals surface area (Å²) in [6.45, 7) is 2.87. The van der Waals surface area contributed by atoms with E-state index in [1.807, 2.05) is 60.0 Å². The molecule has 3 aromatic carbocycles. The molecule has 3 aromatic heterocycles. The van der Waals surface area contributed by atoms with Gasteiger partial charge in [-0.2, -0.15) is 0 Å². The number of para-hydroxylation sites is 1. The van der Waals surface area contributed by atoms with Crippen LogP contribution in [0.15, 0.2) is 84.5 Å². The van der Waals surface area contributed by atoms with E-state index in [4.69, 9.17) is 4.74 Å². The number of aromatic nitrogens is 3. The van der Waals surface area contributed by atoms with Crippen LogP contribution in [-0.2, 0) is 11.3 Å². The lowest BCUT2D eigenvalue weighted by Gasteiger charge is -2.09. The van der Waals surface area contributed by atoms with E-state index in [1.54, 1.807) is 0 Å². The molecule has 0 spiro atoms. The lowest BCUT2D eigenvalue weighted by Crippen LogP contribution is -2.20. The maximum absolute atomic E-state index is 12.8. The molecule has 172 valence electrons. The number of amides is 1. The van der Waals surface area contributed by atoms with E-state index in [0.717, 1.165) is 44.5 Å². The summed E-state index contributed by atoms with van der Waals surface area (Å²) >= 11 is 1.53. The second-order valence-electron chi connectivity index (χ2n) is 8.20. The summed E-state index contributed by atoms with van der Waals surface area (Å²) in [5, 5.41) is 8.13. The lowest BCUT2D eigenvalue weighted by atomic mass is 10.1. The Morgan fingerprint density at radius 1 is 0.971 bits per heavy atom. The van der Waals surface area contributed by atoms with Crippen molar-refractivity contribution in [3.05, 3.63) is 84.5 Å². The van der Waals surface area contributed by atoms with Crippen molar-refractivity contribution >= 4 is 55.0 Å². The zero-order valence-corrected chi connectivity index (χ0v) is 19.9. The van der Waals surface area contributed by atoms with E-state index in [0.29, 0.717) is 5.88 Å². The number of hydrogen-bond acceptors (Lipinski definition) is 5. The monoisotopic (exact) mass is 478 g/mol. The molecule has 3 heterocycles. The van der Waals surface area contributed by atoms with Gasteiger partial charge in [-0.1, -0.05) is 48.5 Å². The normalized spacial score (nSPS) is 11.3. The summed E-state index contributed by atoms with van der Waals surface area (Å²) in [5.74, 6) is 0.165. The molecule has 0 unspecified atom stereocenters. The highest BCUT2D eigenvalue weighted by atomic mass is 32.1. The number of aryl methyl sites for hydroxylation is 1. The minimum atomic E-state index is -0.244. The van der Waals surface area contributed by atoms with Crippen molar-refractivity contribution in [3.8, 4) is 17.0 Å². The van der Waals surface area contributed by atoms with Gasteiger partial charge in [-0.25, -0.2) is 9.97 Å². The molecule has 6 nitrogen and oxygen atoms in total. The Labute approximate surface area is 205 Å². The summed E-state index contributed by atoms with van der Waals surface area (Å²) < 4.78 is 8.18. The average molecular weight is 479 g/mol. The van der Waals surface area contributed by atoms with Gasteiger partial charge < -0.3 is 14.6 Å². The minimum Gasteiger partial charge on any atom is -0.467 e. The van der Waals surface area contributed by atoms with Crippen molar-refractivity contribution in [2.75, 3.05) is 11.9 Å². The number of nitrogens with zero attached hydrogens (tertiary/aromatic N) is 3. The van der Waals surface area contributed by atoms with Crippen molar-refractivity contribution in [1.82, 2.24) is 14.5 Å². The first-order valence-corrected chi connectivity index (χ1v) is 12.3. The first kappa shape index (κ1) is 21.3. The highest BCUT2D eigenvalue weighted by molar-refractivity contribution is 7.17. The number of anilines is 1. The Morgan fingerprint density at radius 2 is 1.77 bits per heavy atom. The quantitative estimate of drug-likeness (QED) is 0.297. The lowest BCUT2D eigenvalue weighted by molar-refractivity contribution is -0.118. The van der Waals surface area contributed by atoms with Crippen molar-refractivity contribution in [2.45, 2.75) is 13.5 Å². The molecule has 0 bridgehead atoms. The van der Waals surface area contributed by atoms with Gasteiger partial charge in [0.05, 0.1) is 5.39 Å². The molecule has 0 radical (unpaired) electrons. The summed E-state index contributed by atoms with van der Waals surface area (Å²) in [4.78, 5) is 22.3. The van der Waals surface area contributed by atoms with Crippen molar-refractivity contribution < 1.29 is 9.53 Å². The molecule has 1 N–H and O–H groups in total. The predicted octanol–water partition coefficient (Wildman–Crippen LogP) is 6.50. The van der Waals surface area contributed by atoms with Gasteiger partial charge in [-0.05, 0) is 36.8 Å². The largest absolute Gasteiger partial charge is 0.467 e. The highest BCUT2D eigenvalue weighted by Gasteiger charge is 2.16. The molecule has 0 atom stereocenters. The molecule has 6 rings (SSSR count). The molecule has 6 aromatic rings. The van der Waals surface area contributed by atoms with Gasteiger partial charge in [-0.15, -0.1) is 11.3 Å². The Bertz CT molecular complexity index is 1690. The zero-order valence-electron chi connectivity index (χ0n) is 19.1. The first-order valence-electron chi connectivity index (χ1n) is 11.4. The Morgan fingerprint density at radius 3 is 2.63 bits per heavy atom. The third-order valence-electron chi connectivity index (χ3n) is 6.13. The van der Waals surface area contributed by atoms with E-state index >= 15 is 0 Å². The van der Waals surface area contributed by atoms with Crippen molar-refractivity contribution in [3.63, 3.8) is 0 Å². The summed E-state index contributed by atoms with van der Waals surface area (Å²) in [5.41, 5.74) is 5.13. The van der Waals surface area contributed by atoms with Crippen LogP contribution in [0.25, 0.3) is 43.1 Å². The zero-order chi connectivity index (χ0) is 23.8. The summed E-state index contributed by atoms with van der Waals surface area (Å²) in [7, 11) is 0. The van der Waals surface area contributed by atoms with Gasteiger partial charge in [0.1, 0.15) is 11.2 Å². The van der Waals surface area contributed by atoms with Gasteiger partial charge in [0.15, 0.2) is 6.61 Å². The van der Waals surface area contributed by atoms with Crippen LogP contribution in [0.2, 0.25) is 0 Å². The van der Waals surface area contributed by atoms with Gasteiger partial charge in [-0.3, -0.25) is 4.79 Å². The molecule has 0 saturated heterocycles. The second kappa shape index (κ2) is 8.85. The van der Waals surface area contributed by atoms with Crippen LogP contribution in [-0.4, -0.2) is 27.0 Å². The fourth-order valence-electron chi connectivity index (χ4n) is 4.59. The second-order valence-corrected chi connectivity index (χ2v) is 9.06. The molecule has 0 aliphatic heterocycles. The third kappa shape index (κ3) is 3.80. The van der Waals surface area contributed by atoms with Crippen LogP contribution in [0.1, 0.15) is 6.92 Å². The maximum Gasteiger partial charge on any atom is 0.262 e. The van der Waals surface area contributed by atoms with E-state index in [-0.39, 0.29) is 12.5 Å². The van der Waals surface area contributed by atoms with E-state index in [2.05, 4.69) is 45.0 Å². The fourth-order valence-corrected chi connectivity index (χ4v) is 5.50. The number of benzene rings is 3. The molecule has 0 fully saturated rings. The number of ether oxygens (including phenoxy) is 1. The third-order valence-corrected chi connectivity index (χ3v) is 7.02. The van der Waals surface area contributed by atoms with Gasteiger partial charge in [0.2, 0.25) is 5.88 Å². The Balaban J connectivity index is 1.25. The Kier molecular flexibility index (Phi) is 5.39. The van der Waals surface area contributed by atoms with Crippen LogP contribution >= 0.6 is 11.3 Å². The fraction of sp³-hybridized carbons (Fsp3) is 0.107. The summed E-state index contributed by atoms with van der Waals surface area (Å²) in [6.07, 6.45) is 1.47. The van der Waals surface area contributed by atoms with E-state index in [1.165, 1.54) is 28.6 Å². The number of thiophene rings is 1. The summed E-state index contributed by atoms with van der Waals surface area (Å²) in [6, 6.07) is 24.4. The number of nitrogens with one attached hydrogen (secondary N) is 1. The Hall–Kier alpha value is -4.23. The average Bonchev–Trinajstić information content (AvgIpc) is 3.47. The van der Waals surface area contributed by atoms with Crippen molar-refractivity contribution in [1.29, 1.82) is 0 Å². The SMILES string of the molecule is CCn1c2ccccc2c2cc(NC(=O)COc3ncnc4scc(-c5ccccc5)c34)ccc21. The standard InChI is InChI=1S/C28H22N4O2S/c1-2-32-23-11-7-6-10-20(23)21-14-19(12-13-24(21)32)31-25(33)15-34-27-26-22(18-8-4-3-5-9-18)16-35-28(26)30-17-29-27/h3-14,16-17H,2,15H2,1H3,(H,31,33). The molecule has 1 amide bonds. The molecule has 0 aliphatic rings. The number of hydrogen-bond donors (Lipinski definition) is 1. The van der Waals surface area contributed by atoms with Gasteiger partial charge >= 0.3 is 0 Å². The molecule has 0 aliphatic carbocycles.